The first-order valence-corrected chi connectivity index (χ1v) is 7.69. The average Bonchev–Trinajstić information content (AvgIpc) is 2.26. The number of carbonyl (C=O) groups is 2. The number of carbonyl (C=O) groups excluding carboxylic acids is 2. The van der Waals surface area contributed by atoms with Gasteiger partial charge in [-0.1, -0.05) is 40.5 Å². The Labute approximate surface area is 116 Å². The Bertz CT molecular complexity index is 375. The predicted molar refractivity (Wildman–Crippen MR) is 75.3 cm³/mol. The highest BCUT2D eigenvalue weighted by Gasteiger charge is 2.51. The molecule has 2 aliphatic rings. The fourth-order valence-corrected chi connectivity index (χ4v) is 4.43. The summed E-state index contributed by atoms with van der Waals surface area (Å²) in [7, 11) is 0. The van der Waals surface area contributed by atoms with Gasteiger partial charge < -0.3 is 0 Å². The van der Waals surface area contributed by atoms with Crippen molar-refractivity contribution in [2.45, 2.75) is 59.8 Å². The zero-order valence-corrected chi connectivity index (χ0v) is 12.7. The number of hydrogen-bond donors (Lipinski definition) is 1. The van der Waals surface area contributed by atoms with Crippen molar-refractivity contribution >= 4 is 11.8 Å². The van der Waals surface area contributed by atoms with Gasteiger partial charge in [0.1, 0.15) is 0 Å². The number of rotatable bonds is 2. The van der Waals surface area contributed by atoms with Crippen LogP contribution in [-0.4, -0.2) is 11.8 Å². The Morgan fingerprint density at radius 1 is 1.16 bits per heavy atom. The van der Waals surface area contributed by atoms with Crippen LogP contribution in [0.4, 0.5) is 0 Å². The molecule has 2 amide bonds. The molecule has 108 valence electrons. The van der Waals surface area contributed by atoms with Gasteiger partial charge in [-0.05, 0) is 36.0 Å². The molecule has 19 heavy (non-hydrogen) atoms. The van der Waals surface area contributed by atoms with Gasteiger partial charge in [0.25, 0.3) is 0 Å². The van der Waals surface area contributed by atoms with E-state index in [1.165, 1.54) is 6.42 Å². The third-order valence-electron chi connectivity index (χ3n) is 5.25. The minimum atomic E-state index is -0.0687. The Kier molecular flexibility index (Phi) is 4.03. The predicted octanol–water partition coefficient (Wildman–Crippen LogP) is 3.14. The minimum Gasteiger partial charge on any atom is -0.296 e. The van der Waals surface area contributed by atoms with Crippen LogP contribution in [0.5, 0.6) is 0 Å². The number of hydrogen-bond acceptors (Lipinski definition) is 2. The van der Waals surface area contributed by atoms with Gasteiger partial charge in [0.15, 0.2) is 0 Å². The summed E-state index contributed by atoms with van der Waals surface area (Å²) >= 11 is 0. The van der Waals surface area contributed by atoms with Crippen LogP contribution in [0.2, 0.25) is 0 Å². The van der Waals surface area contributed by atoms with Gasteiger partial charge in [-0.2, -0.15) is 0 Å². The molecule has 1 heterocycles. The van der Waals surface area contributed by atoms with Crippen molar-refractivity contribution in [3.63, 3.8) is 0 Å². The van der Waals surface area contributed by atoms with Crippen LogP contribution < -0.4 is 5.32 Å². The second-order valence-electron chi connectivity index (χ2n) is 7.27. The molecule has 0 aromatic carbocycles. The Morgan fingerprint density at radius 3 is 2.42 bits per heavy atom. The normalized spacial score (nSPS) is 36.1. The summed E-state index contributed by atoms with van der Waals surface area (Å²) in [6.45, 7) is 8.75. The van der Waals surface area contributed by atoms with E-state index in [2.05, 4.69) is 33.0 Å². The molecule has 3 atom stereocenters. The molecule has 1 spiro atoms. The number of imide groups is 1. The lowest BCUT2D eigenvalue weighted by atomic mass is 9.56. The standard InChI is InChI=1S/C16H27NO2/c1-10(2)12-6-5-7-16(8-12)9-13(18)17-15(19)14(16)11(3)4/h10-12,14H,5-9H2,1-4H3,(H,17,18,19). The summed E-state index contributed by atoms with van der Waals surface area (Å²) in [5.74, 6) is 1.52. The number of nitrogens with one attached hydrogen (secondary N) is 1. The van der Waals surface area contributed by atoms with Crippen LogP contribution in [0.15, 0.2) is 0 Å². The van der Waals surface area contributed by atoms with Crippen LogP contribution in [0.25, 0.3) is 0 Å². The van der Waals surface area contributed by atoms with Gasteiger partial charge >= 0.3 is 0 Å². The van der Waals surface area contributed by atoms with Gasteiger partial charge in [-0.15, -0.1) is 0 Å². The molecule has 0 radical (unpaired) electrons. The maximum atomic E-state index is 12.3. The summed E-state index contributed by atoms with van der Waals surface area (Å²) in [5, 5.41) is 2.55. The van der Waals surface area contributed by atoms with Crippen molar-refractivity contribution in [1.82, 2.24) is 5.32 Å². The smallest absolute Gasteiger partial charge is 0.230 e. The molecule has 3 nitrogen and oxygen atoms in total. The topological polar surface area (TPSA) is 46.2 Å². The zero-order valence-electron chi connectivity index (χ0n) is 12.7. The first kappa shape index (κ1) is 14.5. The van der Waals surface area contributed by atoms with E-state index in [4.69, 9.17) is 0 Å². The van der Waals surface area contributed by atoms with Crippen molar-refractivity contribution < 1.29 is 9.59 Å². The van der Waals surface area contributed by atoms with Gasteiger partial charge in [-0.25, -0.2) is 0 Å². The molecular weight excluding hydrogens is 238 g/mol. The Balaban J connectivity index is 2.30. The second-order valence-corrected chi connectivity index (χ2v) is 7.27. The second kappa shape index (κ2) is 5.26. The molecule has 1 saturated heterocycles. The van der Waals surface area contributed by atoms with E-state index in [0.717, 1.165) is 19.3 Å². The number of piperidine rings is 1. The molecule has 0 aromatic rings. The summed E-state index contributed by atoms with van der Waals surface area (Å²) in [6.07, 6.45) is 5.04. The molecule has 1 N–H and O–H groups in total. The molecule has 1 aliphatic carbocycles. The van der Waals surface area contributed by atoms with E-state index < -0.39 is 0 Å². The SMILES string of the molecule is CC(C)C1CCCC2(CC(=O)NC(=O)C2C(C)C)C1. The largest absolute Gasteiger partial charge is 0.296 e. The quantitative estimate of drug-likeness (QED) is 0.780. The monoisotopic (exact) mass is 265 g/mol. The molecule has 0 aromatic heterocycles. The van der Waals surface area contributed by atoms with E-state index in [0.29, 0.717) is 24.2 Å². The van der Waals surface area contributed by atoms with Crippen molar-refractivity contribution in [3.8, 4) is 0 Å². The molecule has 1 saturated carbocycles. The lowest BCUT2D eigenvalue weighted by Gasteiger charge is -2.49. The zero-order chi connectivity index (χ0) is 14.2. The third kappa shape index (κ3) is 2.70. The van der Waals surface area contributed by atoms with Crippen molar-refractivity contribution in [3.05, 3.63) is 0 Å². The maximum absolute atomic E-state index is 12.3. The lowest BCUT2D eigenvalue weighted by molar-refractivity contribution is -0.149. The molecular formula is C16H27NO2. The molecule has 1 aliphatic heterocycles. The van der Waals surface area contributed by atoms with E-state index in [1.54, 1.807) is 0 Å². The third-order valence-corrected chi connectivity index (χ3v) is 5.25. The van der Waals surface area contributed by atoms with E-state index >= 15 is 0 Å². The van der Waals surface area contributed by atoms with Gasteiger partial charge in [0.05, 0.1) is 0 Å². The van der Waals surface area contributed by atoms with E-state index in [9.17, 15) is 9.59 Å². The van der Waals surface area contributed by atoms with E-state index in [-0.39, 0.29) is 23.1 Å². The molecule has 3 heteroatoms. The van der Waals surface area contributed by atoms with Gasteiger partial charge in [0.2, 0.25) is 11.8 Å². The molecule has 2 fully saturated rings. The lowest BCUT2D eigenvalue weighted by Crippen LogP contribution is -2.55. The first-order valence-electron chi connectivity index (χ1n) is 7.69. The van der Waals surface area contributed by atoms with Gasteiger partial charge in [-0.3, -0.25) is 14.9 Å². The van der Waals surface area contributed by atoms with Crippen molar-refractivity contribution in [2.24, 2.45) is 29.1 Å². The Hall–Kier alpha value is -0.860. The fraction of sp³-hybridized carbons (Fsp3) is 0.875. The maximum Gasteiger partial charge on any atom is 0.230 e. The van der Waals surface area contributed by atoms with Gasteiger partial charge in [0, 0.05) is 12.3 Å². The molecule has 0 bridgehead atoms. The highest BCUT2D eigenvalue weighted by molar-refractivity contribution is 5.99. The van der Waals surface area contributed by atoms with Crippen LogP contribution in [-0.2, 0) is 9.59 Å². The molecule has 2 rings (SSSR count). The number of amides is 2. The summed E-state index contributed by atoms with van der Waals surface area (Å²) < 4.78 is 0. The van der Waals surface area contributed by atoms with Crippen molar-refractivity contribution in [1.29, 1.82) is 0 Å². The van der Waals surface area contributed by atoms with Crippen LogP contribution >= 0.6 is 0 Å². The van der Waals surface area contributed by atoms with E-state index in [1.807, 2.05) is 0 Å². The Morgan fingerprint density at radius 2 is 1.84 bits per heavy atom. The highest BCUT2D eigenvalue weighted by Crippen LogP contribution is 2.52. The van der Waals surface area contributed by atoms with Crippen molar-refractivity contribution in [2.75, 3.05) is 0 Å². The minimum absolute atomic E-state index is 0.00625. The molecule has 3 unspecified atom stereocenters. The van der Waals surface area contributed by atoms with Crippen LogP contribution in [0.1, 0.15) is 59.8 Å². The summed E-state index contributed by atoms with van der Waals surface area (Å²) in [5.41, 5.74) is -0.0687. The van der Waals surface area contributed by atoms with Crippen LogP contribution in [0, 0.1) is 29.1 Å². The average molecular weight is 265 g/mol. The summed E-state index contributed by atoms with van der Waals surface area (Å²) in [6, 6.07) is 0. The highest BCUT2D eigenvalue weighted by atomic mass is 16.2. The van der Waals surface area contributed by atoms with Crippen LogP contribution in [0.3, 0.4) is 0 Å². The fourth-order valence-electron chi connectivity index (χ4n) is 4.43. The summed E-state index contributed by atoms with van der Waals surface area (Å²) in [4.78, 5) is 24.1. The first-order chi connectivity index (χ1) is 8.85.